The number of hydrogen-bond acceptors (Lipinski definition) is 3. The van der Waals surface area contributed by atoms with Gasteiger partial charge in [-0.2, -0.15) is 18.3 Å². The molecule has 130 valence electrons. The fourth-order valence-corrected chi connectivity index (χ4v) is 2.77. The number of pyridine rings is 1. The van der Waals surface area contributed by atoms with Crippen molar-refractivity contribution in [3.63, 3.8) is 0 Å². The molecule has 2 aromatic carbocycles. The number of alkyl halides is 3. The molecular formula is C19H13F3N4. The van der Waals surface area contributed by atoms with Crippen LogP contribution < -0.4 is 5.32 Å². The average molecular weight is 354 g/mol. The number of nitrogens with zero attached hydrogens (tertiary/aromatic N) is 2. The first-order chi connectivity index (χ1) is 12.5. The van der Waals surface area contributed by atoms with Gasteiger partial charge in [0.15, 0.2) is 0 Å². The number of halogens is 3. The summed E-state index contributed by atoms with van der Waals surface area (Å²) < 4.78 is 38.8. The zero-order valence-corrected chi connectivity index (χ0v) is 13.4. The second kappa shape index (κ2) is 6.18. The van der Waals surface area contributed by atoms with Crippen LogP contribution in [-0.4, -0.2) is 15.2 Å². The summed E-state index contributed by atoms with van der Waals surface area (Å²) in [7, 11) is 0. The van der Waals surface area contributed by atoms with E-state index in [1.165, 1.54) is 6.07 Å². The molecule has 0 bridgehead atoms. The predicted octanol–water partition coefficient (Wildman–Crippen LogP) is 5.39. The van der Waals surface area contributed by atoms with Crippen molar-refractivity contribution in [3.05, 3.63) is 72.7 Å². The maximum atomic E-state index is 12.9. The second-order valence-electron chi connectivity index (χ2n) is 5.78. The van der Waals surface area contributed by atoms with E-state index in [0.29, 0.717) is 11.4 Å². The first kappa shape index (κ1) is 16.1. The summed E-state index contributed by atoms with van der Waals surface area (Å²) in [4.78, 5) is 4.32. The molecule has 4 aromatic rings. The molecule has 2 heterocycles. The van der Waals surface area contributed by atoms with E-state index < -0.39 is 11.7 Å². The Morgan fingerprint density at radius 2 is 1.85 bits per heavy atom. The molecule has 0 fully saturated rings. The summed E-state index contributed by atoms with van der Waals surface area (Å²) in [6.45, 7) is 0. The van der Waals surface area contributed by atoms with Crippen LogP contribution in [0.5, 0.6) is 0 Å². The zero-order chi connectivity index (χ0) is 18.1. The first-order valence-corrected chi connectivity index (χ1v) is 7.83. The van der Waals surface area contributed by atoms with Gasteiger partial charge in [0.2, 0.25) is 0 Å². The molecule has 4 nitrogen and oxygen atoms in total. The molecule has 0 aliphatic heterocycles. The van der Waals surface area contributed by atoms with Gasteiger partial charge in [0.05, 0.1) is 17.3 Å². The maximum Gasteiger partial charge on any atom is 0.416 e. The highest BCUT2D eigenvalue weighted by Crippen LogP contribution is 2.33. The summed E-state index contributed by atoms with van der Waals surface area (Å²) in [5.74, 6) is 0. The Bertz CT molecular complexity index is 1060. The van der Waals surface area contributed by atoms with E-state index in [-0.39, 0.29) is 0 Å². The normalized spacial score (nSPS) is 11.7. The fraction of sp³-hybridized carbons (Fsp3) is 0.0526. The average Bonchev–Trinajstić information content (AvgIpc) is 3.16. The van der Waals surface area contributed by atoms with Crippen LogP contribution in [0.4, 0.5) is 24.5 Å². The zero-order valence-electron chi connectivity index (χ0n) is 13.4. The van der Waals surface area contributed by atoms with Crippen LogP contribution in [0.1, 0.15) is 5.56 Å². The Balaban J connectivity index is 1.76. The molecule has 0 aliphatic carbocycles. The van der Waals surface area contributed by atoms with E-state index in [0.717, 1.165) is 34.2 Å². The Hall–Kier alpha value is -3.35. The van der Waals surface area contributed by atoms with Gasteiger partial charge in [-0.1, -0.05) is 12.1 Å². The number of benzene rings is 2. The minimum Gasteiger partial charge on any atom is -0.355 e. The maximum absolute atomic E-state index is 12.9. The number of nitrogens with one attached hydrogen (secondary N) is 2. The lowest BCUT2D eigenvalue weighted by Gasteiger charge is -2.13. The third-order valence-corrected chi connectivity index (χ3v) is 4.04. The Kier molecular flexibility index (Phi) is 3.84. The molecule has 7 heteroatoms. The standard InChI is InChI=1S/C19H13F3N4/c20-19(21,22)14-2-1-3-15(9-14)26-18-6-7-23-17-5-4-12(8-16(17)18)13-10-24-25-11-13/h1-11H,(H,23,26)(H,24,25). The summed E-state index contributed by atoms with van der Waals surface area (Å²) in [6.07, 6.45) is 0.719. The van der Waals surface area contributed by atoms with E-state index >= 15 is 0 Å². The smallest absolute Gasteiger partial charge is 0.355 e. The van der Waals surface area contributed by atoms with E-state index in [1.54, 1.807) is 30.7 Å². The van der Waals surface area contributed by atoms with Gasteiger partial charge < -0.3 is 5.32 Å². The van der Waals surface area contributed by atoms with Crippen molar-refractivity contribution in [2.75, 3.05) is 5.32 Å². The molecule has 0 unspecified atom stereocenters. The van der Waals surface area contributed by atoms with E-state index in [4.69, 9.17) is 0 Å². The largest absolute Gasteiger partial charge is 0.416 e. The Morgan fingerprint density at radius 1 is 0.962 bits per heavy atom. The van der Waals surface area contributed by atoms with Crippen LogP contribution in [0.25, 0.3) is 22.0 Å². The lowest BCUT2D eigenvalue weighted by molar-refractivity contribution is -0.137. The molecule has 0 amide bonds. The second-order valence-corrected chi connectivity index (χ2v) is 5.78. The number of fused-ring (bicyclic) bond motifs is 1. The molecule has 0 atom stereocenters. The minimum atomic E-state index is -4.38. The molecule has 0 spiro atoms. The van der Waals surface area contributed by atoms with Crippen LogP contribution in [0.3, 0.4) is 0 Å². The van der Waals surface area contributed by atoms with Gasteiger partial charge in [0, 0.05) is 34.7 Å². The van der Waals surface area contributed by atoms with Crippen LogP contribution in [0.2, 0.25) is 0 Å². The highest BCUT2D eigenvalue weighted by atomic mass is 19.4. The van der Waals surface area contributed by atoms with E-state index in [1.807, 2.05) is 18.2 Å². The van der Waals surface area contributed by atoms with Gasteiger partial charge in [-0.05, 0) is 42.0 Å². The molecular weight excluding hydrogens is 341 g/mol. The molecule has 0 radical (unpaired) electrons. The highest BCUT2D eigenvalue weighted by molar-refractivity contribution is 5.95. The molecule has 2 N–H and O–H groups in total. The number of anilines is 2. The lowest BCUT2D eigenvalue weighted by Crippen LogP contribution is -2.05. The highest BCUT2D eigenvalue weighted by Gasteiger charge is 2.30. The van der Waals surface area contributed by atoms with Crippen molar-refractivity contribution in [1.29, 1.82) is 0 Å². The number of aromatic nitrogens is 3. The quantitative estimate of drug-likeness (QED) is 0.519. The van der Waals surface area contributed by atoms with Crippen molar-refractivity contribution >= 4 is 22.3 Å². The molecule has 0 saturated carbocycles. The topological polar surface area (TPSA) is 53.6 Å². The third kappa shape index (κ3) is 3.11. The van der Waals surface area contributed by atoms with Gasteiger partial charge in [0.25, 0.3) is 0 Å². The molecule has 4 rings (SSSR count). The number of aromatic amines is 1. The van der Waals surface area contributed by atoms with Gasteiger partial charge >= 0.3 is 6.18 Å². The summed E-state index contributed by atoms with van der Waals surface area (Å²) in [6, 6.07) is 12.6. The Labute approximate surface area is 146 Å². The molecule has 2 aromatic heterocycles. The monoisotopic (exact) mass is 354 g/mol. The molecule has 0 aliphatic rings. The van der Waals surface area contributed by atoms with Crippen molar-refractivity contribution in [2.45, 2.75) is 6.18 Å². The van der Waals surface area contributed by atoms with Gasteiger partial charge in [0.1, 0.15) is 0 Å². The molecule has 26 heavy (non-hydrogen) atoms. The van der Waals surface area contributed by atoms with Crippen molar-refractivity contribution in [1.82, 2.24) is 15.2 Å². The van der Waals surface area contributed by atoms with Crippen LogP contribution >= 0.6 is 0 Å². The van der Waals surface area contributed by atoms with Crippen LogP contribution in [0, 0.1) is 0 Å². The van der Waals surface area contributed by atoms with E-state index in [2.05, 4.69) is 20.5 Å². The van der Waals surface area contributed by atoms with Gasteiger partial charge in [-0.3, -0.25) is 10.1 Å². The van der Waals surface area contributed by atoms with Crippen molar-refractivity contribution < 1.29 is 13.2 Å². The number of hydrogen-bond donors (Lipinski definition) is 2. The lowest BCUT2D eigenvalue weighted by atomic mass is 10.1. The fourth-order valence-electron chi connectivity index (χ4n) is 2.77. The minimum absolute atomic E-state index is 0.362. The third-order valence-electron chi connectivity index (χ3n) is 4.04. The predicted molar refractivity (Wildman–Crippen MR) is 94.1 cm³/mol. The first-order valence-electron chi connectivity index (χ1n) is 7.83. The Morgan fingerprint density at radius 3 is 2.62 bits per heavy atom. The van der Waals surface area contributed by atoms with Crippen molar-refractivity contribution in [2.24, 2.45) is 0 Å². The van der Waals surface area contributed by atoms with Crippen LogP contribution in [-0.2, 0) is 6.18 Å². The van der Waals surface area contributed by atoms with Gasteiger partial charge in [-0.15, -0.1) is 0 Å². The summed E-state index contributed by atoms with van der Waals surface area (Å²) >= 11 is 0. The summed E-state index contributed by atoms with van der Waals surface area (Å²) in [5.41, 5.74) is 2.95. The van der Waals surface area contributed by atoms with Gasteiger partial charge in [-0.25, -0.2) is 0 Å². The van der Waals surface area contributed by atoms with Crippen molar-refractivity contribution in [3.8, 4) is 11.1 Å². The van der Waals surface area contributed by atoms with Crippen LogP contribution in [0.15, 0.2) is 67.1 Å². The SMILES string of the molecule is FC(F)(F)c1cccc(Nc2ccnc3ccc(-c4cn[nH]c4)cc23)c1. The molecule has 0 saturated heterocycles. The number of rotatable bonds is 3. The summed E-state index contributed by atoms with van der Waals surface area (Å²) in [5, 5.41) is 10.6. The number of H-pyrrole nitrogens is 1. The van der Waals surface area contributed by atoms with E-state index in [9.17, 15) is 13.2 Å².